The molecule has 3 rings (SSSR count). The van der Waals surface area contributed by atoms with Gasteiger partial charge in [-0.2, -0.15) is 0 Å². The summed E-state index contributed by atoms with van der Waals surface area (Å²) in [4.78, 5) is 27.9. The predicted molar refractivity (Wildman–Crippen MR) is 154 cm³/mol. The van der Waals surface area contributed by atoms with Crippen molar-refractivity contribution in [1.82, 2.24) is 10.2 Å². The second-order valence-electron chi connectivity index (χ2n) is 8.59. The summed E-state index contributed by atoms with van der Waals surface area (Å²) in [5, 5.41) is 3.38. The van der Waals surface area contributed by atoms with Crippen LogP contribution < -0.4 is 14.4 Å². The molecule has 1 atom stereocenters. The molecule has 0 unspecified atom stereocenters. The van der Waals surface area contributed by atoms with Gasteiger partial charge >= 0.3 is 0 Å². The van der Waals surface area contributed by atoms with Gasteiger partial charge in [-0.15, -0.1) is 0 Å². The lowest BCUT2D eigenvalue weighted by Gasteiger charge is -2.32. The molecule has 0 fully saturated rings. The van der Waals surface area contributed by atoms with Gasteiger partial charge in [0.1, 0.15) is 18.3 Å². The summed E-state index contributed by atoms with van der Waals surface area (Å²) in [6.45, 7) is 5.49. The molecule has 0 radical (unpaired) electrons. The minimum Gasteiger partial charge on any atom is -0.494 e. The molecular weight excluding hydrogens is 561 g/mol. The normalized spacial score (nSPS) is 11.9. The summed E-state index contributed by atoms with van der Waals surface area (Å²) in [5.74, 6) is -0.410. The van der Waals surface area contributed by atoms with Crippen molar-refractivity contribution in [2.75, 3.05) is 24.0 Å². The predicted octanol–water partition coefficient (Wildman–Crippen LogP) is 5.14. The van der Waals surface area contributed by atoms with Crippen LogP contribution in [0.1, 0.15) is 26.3 Å². The van der Waals surface area contributed by atoms with Crippen LogP contribution in [0, 0.1) is 0 Å². The van der Waals surface area contributed by atoms with Gasteiger partial charge in [0.2, 0.25) is 11.8 Å². The number of nitrogens with zero attached hydrogens (tertiary/aromatic N) is 2. The van der Waals surface area contributed by atoms with Crippen LogP contribution in [0.2, 0.25) is 10.0 Å². The Bertz CT molecular complexity index is 1390. The summed E-state index contributed by atoms with van der Waals surface area (Å²) < 4.78 is 34.1. The van der Waals surface area contributed by atoms with Gasteiger partial charge < -0.3 is 15.0 Å². The minimum absolute atomic E-state index is 0.00425. The van der Waals surface area contributed by atoms with E-state index in [4.69, 9.17) is 27.9 Å². The number of hydrogen-bond donors (Lipinski definition) is 1. The highest BCUT2D eigenvalue weighted by molar-refractivity contribution is 7.92. The smallest absolute Gasteiger partial charge is 0.264 e. The van der Waals surface area contributed by atoms with E-state index in [1.807, 2.05) is 6.92 Å². The molecule has 0 aliphatic rings. The molecule has 8 nitrogen and oxygen atoms in total. The van der Waals surface area contributed by atoms with Crippen LogP contribution in [0.4, 0.5) is 5.69 Å². The van der Waals surface area contributed by atoms with E-state index in [0.717, 1.165) is 4.31 Å². The first-order valence-electron chi connectivity index (χ1n) is 12.4. The number of sulfonamides is 1. The monoisotopic (exact) mass is 591 g/mol. The number of amides is 2. The van der Waals surface area contributed by atoms with Gasteiger partial charge in [0.25, 0.3) is 10.0 Å². The third-order valence-corrected chi connectivity index (χ3v) is 8.43. The number of anilines is 1. The van der Waals surface area contributed by atoms with Gasteiger partial charge in [-0.05, 0) is 74.9 Å². The number of ether oxygens (including phenoxy) is 1. The number of hydrogen-bond acceptors (Lipinski definition) is 5. The zero-order chi connectivity index (χ0) is 28.6. The van der Waals surface area contributed by atoms with E-state index in [0.29, 0.717) is 40.2 Å². The van der Waals surface area contributed by atoms with Gasteiger partial charge in [0.05, 0.1) is 27.2 Å². The van der Waals surface area contributed by atoms with Crippen molar-refractivity contribution in [2.45, 2.75) is 38.3 Å². The van der Waals surface area contributed by atoms with Crippen molar-refractivity contribution in [2.24, 2.45) is 0 Å². The molecule has 0 spiro atoms. The number of likely N-dealkylation sites (N-methyl/N-ethyl adjacent to an activating group) is 1. The maximum atomic E-state index is 13.8. The van der Waals surface area contributed by atoms with Gasteiger partial charge in [0.15, 0.2) is 0 Å². The van der Waals surface area contributed by atoms with Gasteiger partial charge in [0, 0.05) is 13.1 Å². The highest BCUT2D eigenvalue weighted by Gasteiger charge is 2.32. The molecule has 3 aromatic rings. The summed E-state index contributed by atoms with van der Waals surface area (Å²) in [5.41, 5.74) is 0.939. The van der Waals surface area contributed by atoms with Gasteiger partial charge in [-0.1, -0.05) is 47.5 Å². The van der Waals surface area contributed by atoms with Gasteiger partial charge in [-0.3, -0.25) is 13.9 Å². The molecule has 0 saturated carbocycles. The Labute approximate surface area is 239 Å². The Kier molecular flexibility index (Phi) is 10.6. The zero-order valence-corrected chi connectivity index (χ0v) is 24.3. The average Bonchev–Trinajstić information content (AvgIpc) is 2.92. The van der Waals surface area contributed by atoms with Crippen LogP contribution in [0.5, 0.6) is 5.75 Å². The lowest BCUT2D eigenvalue weighted by Crippen LogP contribution is -2.51. The molecule has 3 aromatic carbocycles. The first-order chi connectivity index (χ1) is 18.6. The fraction of sp³-hybridized carbons (Fsp3) is 0.286. The molecule has 208 valence electrons. The van der Waals surface area contributed by atoms with Crippen LogP contribution in [0.3, 0.4) is 0 Å². The molecule has 2 amide bonds. The third-order valence-electron chi connectivity index (χ3n) is 5.90. The van der Waals surface area contributed by atoms with E-state index in [1.54, 1.807) is 74.5 Å². The SMILES string of the molecule is CCNC(=O)[C@H](C)N(Cc1ccc(Cl)c(Cl)c1)C(=O)CN(c1ccccc1)S(=O)(=O)c1ccc(OCC)cc1. The van der Waals surface area contributed by atoms with E-state index in [-0.39, 0.29) is 17.3 Å². The summed E-state index contributed by atoms with van der Waals surface area (Å²) in [6.07, 6.45) is 0. The Balaban J connectivity index is 2.00. The Hall–Kier alpha value is -3.27. The fourth-order valence-electron chi connectivity index (χ4n) is 3.86. The molecule has 0 bridgehead atoms. The Morgan fingerprint density at radius 3 is 2.21 bits per heavy atom. The number of benzene rings is 3. The number of nitrogens with one attached hydrogen (secondary N) is 1. The number of para-hydroxylation sites is 1. The topological polar surface area (TPSA) is 96.0 Å². The minimum atomic E-state index is -4.16. The van der Waals surface area contributed by atoms with Crippen LogP contribution in [-0.4, -0.2) is 50.9 Å². The maximum absolute atomic E-state index is 13.8. The fourth-order valence-corrected chi connectivity index (χ4v) is 5.60. The average molecular weight is 593 g/mol. The molecule has 11 heteroatoms. The molecule has 39 heavy (non-hydrogen) atoms. The highest BCUT2D eigenvalue weighted by Crippen LogP contribution is 2.27. The Morgan fingerprint density at radius 1 is 0.949 bits per heavy atom. The second-order valence-corrected chi connectivity index (χ2v) is 11.3. The van der Waals surface area contributed by atoms with E-state index < -0.39 is 28.5 Å². The van der Waals surface area contributed by atoms with E-state index in [1.165, 1.54) is 17.0 Å². The Morgan fingerprint density at radius 2 is 1.62 bits per heavy atom. The summed E-state index contributed by atoms with van der Waals surface area (Å²) in [7, 11) is -4.16. The molecule has 0 heterocycles. The van der Waals surface area contributed by atoms with Crippen molar-refractivity contribution in [3.05, 3.63) is 88.4 Å². The quantitative estimate of drug-likeness (QED) is 0.314. The van der Waals surface area contributed by atoms with Crippen LogP contribution in [-0.2, 0) is 26.2 Å². The van der Waals surface area contributed by atoms with Crippen molar-refractivity contribution < 1.29 is 22.7 Å². The van der Waals surface area contributed by atoms with Crippen molar-refractivity contribution in [3.63, 3.8) is 0 Å². The van der Waals surface area contributed by atoms with Crippen LogP contribution in [0.25, 0.3) is 0 Å². The van der Waals surface area contributed by atoms with E-state index in [2.05, 4.69) is 5.32 Å². The second kappa shape index (κ2) is 13.7. The van der Waals surface area contributed by atoms with Crippen molar-refractivity contribution >= 4 is 50.7 Å². The third kappa shape index (κ3) is 7.65. The number of rotatable bonds is 12. The van der Waals surface area contributed by atoms with E-state index >= 15 is 0 Å². The maximum Gasteiger partial charge on any atom is 0.264 e. The van der Waals surface area contributed by atoms with Crippen LogP contribution >= 0.6 is 23.2 Å². The van der Waals surface area contributed by atoms with Crippen LogP contribution in [0.15, 0.2) is 77.7 Å². The number of halogens is 2. The molecule has 0 aliphatic heterocycles. The summed E-state index contributed by atoms with van der Waals surface area (Å²) in [6, 6.07) is 18.4. The molecular formula is C28H31Cl2N3O5S. The first kappa shape index (κ1) is 30.3. The largest absolute Gasteiger partial charge is 0.494 e. The molecule has 0 saturated heterocycles. The first-order valence-corrected chi connectivity index (χ1v) is 14.6. The number of carbonyl (C=O) groups is 2. The van der Waals surface area contributed by atoms with Crippen molar-refractivity contribution in [1.29, 1.82) is 0 Å². The zero-order valence-electron chi connectivity index (χ0n) is 21.9. The lowest BCUT2D eigenvalue weighted by molar-refractivity contribution is -0.139. The summed E-state index contributed by atoms with van der Waals surface area (Å²) >= 11 is 12.2. The standard InChI is InChI=1S/C28H31Cl2N3O5S/c1-4-31-28(35)20(3)32(18-21-11-16-25(29)26(30)17-21)27(34)19-33(22-9-7-6-8-10-22)39(36,37)24-14-12-23(13-15-24)38-5-2/h6-17,20H,4-5,18-19H2,1-3H3,(H,31,35)/t20-/m0/s1. The van der Waals surface area contributed by atoms with Crippen molar-refractivity contribution in [3.8, 4) is 5.75 Å². The highest BCUT2D eigenvalue weighted by atomic mass is 35.5. The lowest BCUT2D eigenvalue weighted by atomic mass is 10.1. The van der Waals surface area contributed by atoms with Gasteiger partial charge in [-0.25, -0.2) is 8.42 Å². The van der Waals surface area contributed by atoms with E-state index in [9.17, 15) is 18.0 Å². The molecule has 0 aliphatic carbocycles. The number of carbonyl (C=O) groups excluding carboxylic acids is 2. The molecule has 1 N–H and O–H groups in total. The molecule has 0 aromatic heterocycles.